The van der Waals surface area contributed by atoms with Gasteiger partial charge < -0.3 is 19.5 Å². The highest BCUT2D eigenvalue weighted by Crippen LogP contribution is 2.34. The molecule has 146 valence electrons. The topological polar surface area (TPSA) is 51.8 Å². The van der Waals surface area contributed by atoms with E-state index in [0.717, 1.165) is 0 Å². The third kappa shape index (κ3) is 3.68. The molecule has 2 fully saturated rings. The first-order chi connectivity index (χ1) is 12.2. The number of aromatic nitrogens is 1. The normalized spacial score (nSPS) is 28.5. The van der Waals surface area contributed by atoms with Gasteiger partial charge in [0.2, 0.25) is 0 Å². The lowest BCUT2D eigenvalue weighted by Crippen LogP contribution is -2.63. The van der Waals surface area contributed by atoms with E-state index in [9.17, 15) is 18.0 Å². The van der Waals surface area contributed by atoms with Crippen LogP contribution in [0.1, 0.15) is 13.8 Å². The molecular weight excluding hydrogens is 349 g/mol. The molecule has 2 aliphatic rings. The number of hydrogen-bond donors (Lipinski definition) is 1. The molecular formula is C17H25F3N4O2. The molecule has 0 saturated carbocycles. The van der Waals surface area contributed by atoms with Crippen LogP contribution in [-0.2, 0) is 4.74 Å². The van der Waals surface area contributed by atoms with Gasteiger partial charge in [-0.2, -0.15) is 13.2 Å². The molecule has 1 aromatic heterocycles. The molecule has 0 bridgehead atoms. The highest BCUT2D eigenvalue weighted by molar-refractivity contribution is 5.56. The minimum Gasteiger partial charge on any atom is -0.377 e. The van der Waals surface area contributed by atoms with Crippen molar-refractivity contribution >= 4 is 11.5 Å². The smallest absolute Gasteiger partial charge is 0.377 e. The van der Waals surface area contributed by atoms with E-state index in [0.29, 0.717) is 32.0 Å². The number of anilines is 2. The Morgan fingerprint density at radius 3 is 2.54 bits per heavy atom. The number of hydrogen-bond acceptors (Lipinski definition) is 5. The first-order valence-corrected chi connectivity index (χ1v) is 8.81. The number of morpholine rings is 1. The third-order valence-corrected chi connectivity index (χ3v) is 5.34. The van der Waals surface area contributed by atoms with Gasteiger partial charge in [-0.3, -0.25) is 9.69 Å². The fourth-order valence-electron chi connectivity index (χ4n) is 3.78. The number of aromatic amines is 1. The summed E-state index contributed by atoms with van der Waals surface area (Å²) in [6, 6.07) is 0.767. The third-order valence-electron chi connectivity index (χ3n) is 5.34. The van der Waals surface area contributed by atoms with Crippen molar-refractivity contribution in [3.05, 3.63) is 22.5 Å². The van der Waals surface area contributed by atoms with E-state index in [1.807, 2.05) is 11.8 Å². The Hall–Kier alpha value is -1.74. The van der Waals surface area contributed by atoms with Crippen LogP contribution >= 0.6 is 0 Å². The molecule has 0 radical (unpaired) electrons. The van der Waals surface area contributed by atoms with Crippen LogP contribution in [0.25, 0.3) is 0 Å². The number of likely N-dealkylation sites (N-methyl/N-ethyl adjacent to an activating group) is 1. The maximum Gasteiger partial charge on any atom is 0.410 e. The van der Waals surface area contributed by atoms with Gasteiger partial charge >= 0.3 is 6.18 Å². The fourth-order valence-corrected chi connectivity index (χ4v) is 3.78. The van der Waals surface area contributed by atoms with Gasteiger partial charge in [-0.1, -0.05) is 0 Å². The van der Waals surface area contributed by atoms with E-state index in [4.69, 9.17) is 4.74 Å². The summed E-state index contributed by atoms with van der Waals surface area (Å²) in [5.74, 6) is 0.216. The predicted molar refractivity (Wildman–Crippen MR) is 94.0 cm³/mol. The van der Waals surface area contributed by atoms with Crippen molar-refractivity contribution in [1.82, 2.24) is 9.88 Å². The quantitative estimate of drug-likeness (QED) is 0.854. The number of rotatable bonds is 2. The van der Waals surface area contributed by atoms with Gasteiger partial charge in [-0.25, -0.2) is 0 Å². The molecule has 9 heteroatoms. The summed E-state index contributed by atoms with van der Waals surface area (Å²) in [7, 11) is 1.69. The molecule has 3 heterocycles. The standard InChI is InChI=1S/C17H25F3N4O2/c1-11-10-26-7-6-23(11)13-8-14(21-15(25)9-13)24-5-4-22(3)12(2)16(24)17(18,19)20/h8-9,11-12,16H,4-7,10H2,1-3H3,(H,21,25). The molecule has 0 spiro atoms. The molecule has 1 N–H and O–H groups in total. The molecule has 2 saturated heterocycles. The number of alkyl halides is 3. The number of halogens is 3. The van der Waals surface area contributed by atoms with Gasteiger partial charge in [0.1, 0.15) is 11.9 Å². The summed E-state index contributed by atoms with van der Waals surface area (Å²) in [6.45, 7) is 5.89. The second-order valence-corrected chi connectivity index (χ2v) is 7.11. The van der Waals surface area contributed by atoms with Gasteiger partial charge in [0.05, 0.1) is 13.2 Å². The summed E-state index contributed by atoms with van der Waals surface area (Å²) in [6.07, 6.45) is -4.40. The molecule has 1 aromatic rings. The SMILES string of the molecule is CC1C(C(F)(F)F)N(c2cc(N3CCOCC3C)cc(=O)[nH]2)CCN1C. The van der Waals surface area contributed by atoms with Gasteiger partial charge in [0, 0.05) is 49.5 Å². The van der Waals surface area contributed by atoms with Gasteiger partial charge in [0.15, 0.2) is 0 Å². The molecule has 6 nitrogen and oxygen atoms in total. The molecule has 0 aromatic carbocycles. The van der Waals surface area contributed by atoms with Crippen LogP contribution in [0.15, 0.2) is 16.9 Å². The van der Waals surface area contributed by atoms with E-state index in [-0.39, 0.29) is 18.4 Å². The zero-order valence-electron chi connectivity index (χ0n) is 15.2. The van der Waals surface area contributed by atoms with Crippen LogP contribution in [0, 0.1) is 0 Å². The van der Waals surface area contributed by atoms with Crippen molar-refractivity contribution in [2.24, 2.45) is 0 Å². The van der Waals surface area contributed by atoms with Crippen molar-refractivity contribution in [1.29, 1.82) is 0 Å². The van der Waals surface area contributed by atoms with E-state index in [2.05, 4.69) is 4.98 Å². The monoisotopic (exact) mass is 374 g/mol. The Bertz CT molecular complexity index is 693. The van der Waals surface area contributed by atoms with Crippen LogP contribution < -0.4 is 15.4 Å². The zero-order chi connectivity index (χ0) is 19.1. The first-order valence-electron chi connectivity index (χ1n) is 8.81. The maximum absolute atomic E-state index is 13.7. The minimum absolute atomic E-state index is 0.0585. The van der Waals surface area contributed by atoms with Crippen molar-refractivity contribution in [3.8, 4) is 0 Å². The van der Waals surface area contributed by atoms with Crippen LogP contribution in [-0.4, -0.2) is 74.1 Å². The van der Waals surface area contributed by atoms with Crippen LogP contribution in [0.3, 0.4) is 0 Å². The van der Waals surface area contributed by atoms with Crippen molar-refractivity contribution in [2.45, 2.75) is 38.1 Å². The summed E-state index contributed by atoms with van der Waals surface area (Å²) in [5.41, 5.74) is 0.232. The lowest BCUT2D eigenvalue weighted by Gasteiger charge is -2.46. The van der Waals surface area contributed by atoms with E-state index in [1.165, 1.54) is 11.0 Å². The average molecular weight is 374 g/mol. The molecule has 2 aliphatic heterocycles. The van der Waals surface area contributed by atoms with Crippen molar-refractivity contribution in [2.75, 3.05) is 49.7 Å². The second kappa shape index (κ2) is 7.11. The van der Waals surface area contributed by atoms with E-state index < -0.39 is 23.8 Å². The van der Waals surface area contributed by atoms with Gasteiger partial charge in [0.25, 0.3) is 5.56 Å². The number of H-pyrrole nitrogens is 1. The Kier molecular flexibility index (Phi) is 5.21. The number of nitrogens with zero attached hydrogens (tertiary/aromatic N) is 3. The minimum atomic E-state index is -4.40. The number of piperazine rings is 1. The summed E-state index contributed by atoms with van der Waals surface area (Å²) < 4.78 is 46.6. The van der Waals surface area contributed by atoms with Crippen molar-refractivity contribution in [3.63, 3.8) is 0 Å². The molecule has 3 unspecified atom stereocenters. The Balaban J connectivity index is 1.98. The number of nitrogens with one attached hydrogen (secondary N) is 1. The average Bonchev–Trinajstić information content (AvgIpc) is 2.55. The van der Waals surface area contributed by atoms with Crippen LogP contribution in [0.4, 0.5) is 24.7 Å². The van der Waals surface area contributed by atoms with E-state index >= 15 is 0 Å². The lowest BCUT2D eigenvalue weighted by atomic mass is 10.0. The van der Waals surface area contributed by atoms with Crippen molar-refractivity contribution < 1.29 is 17.9 Å². The molecule has 0 aliphatic carbocycles. The van der Waals surface area contributed by atoms with Crippen LogP contribution in [0.5, 0.6) is 0 Å². The summed E-state index contributed by atoms with van der Waals surface area (Å²) in [5, 5.41) is 0. The van der Waals surface area contributed by atoms with Gasteiger partial charge in [-0.15, -0.1) is 0 Å². The highest BCUT2D eigenvalue weighted by atomic mass is 19.4. The molecule has 0 amide bonds. The number of ether oxygens (including phenoxy) is 1. The van der Waals surface area contributed by atoms with Crippen LogP contribution in [0.2, 0.25) is 0 Å². The first kappa shape index (κ1) is 19.0. The zero-order valence-corrected chi connectivity index (χ0v) is 15.2. The predicted octanol–water partition coefficient (Wildman–Crippen LogP) is 1.67. The lowest BCUT2D eigenvalue weighted by molar-refractivity contribution is -0.165. The number of pyridine rings is 1. The Morgan fingerprint density at radius 2 is 1.88 bits per heavy atom. The second-order valence-electron chi connectivity index (χ2n) is 7.11. The summed E-state index contributed by atoms with van der Waals surface area (Å²) >= 11 is 0. The molecule has 3 atom stereocenters. The molecule has 26 heavy (non-hydrogen) atoms. The Labute approximate surface area is 150 Å². The maximum atomic E-state index is 13.7. The van der Waals surface area contributed by atoms with E-state index in [1.54, 1.807) is 24.9 Å². The van der Waals surface area contributed by atoms with Gasteiger partial charge in [-0.05, 0) is 20.9 Å². The summed E-state index contributed by atoms with van der Waals surface area (Å²) in [4.78, 5) is 19.8. The highest BCUT2D eigenvalue weighted by Gasteiger charge is 2.50. The largest absolute Gasteiger partial charge is 0.410 e. The fraction of sp³-hybridized carbons (Fsp3) is 0.706. The Morgan fingerprint density at radius 1 is 1.15 bits per heavy atom. The molecule has 3 rings (SSSR count).